The molecule has 0 unspecified atom stereocenters. The van der Waals surface area contributed by atoms with Gasteiger partial charge in [0.25, 0.3) is 5.91 Å². The van der Waals surface area contributed by atoms with E-state index in [0.29, 0.717) is 17.9 Å². The molecule has 2 amide bonds. The van der Waals surface area contributed by atoms with Crippen molar-refractivity contribution < 1.29 is 14.3 Å². The van der Waals surface area contributed by atoms with Crippen LogP contribution in [0.3, 0.4) is 0 Å². The highest BCUT2D eigenvalue weighted by molar-refractivity contribution is 5.96. The van der Waals surface area contributed by atoms with Crippen molar-refractivity contribution in [3.63, 3.8) is 0 Å². The van der Waals surface area contributed by atoms with Gasteiger partial charge >= 0.3 is 0 Å². The average Bonchev–Trinajstić information content (AvgIpc) is 2.61. The summed E-state index contributed by atoms with van der Waals surface area (Å²) in [4.78, 5) is 26.1. The first-order valence-electron chi connectivity index (χ1n) is 8.93. The predicted molar refractivity (Wildman–Crippen MR) is 103 cm³/mol. The molecular weight excluding hydrogens is 328 g/mol. The molecule has 0 spiro atoms. The number of rotatable bonds is 5. The molecule has 136 valence electrons. The third-order valence-electron chi connectivity index (χ3n) is 4.45. The van der Waals surface area contributed by atoms with Gasteiger partial charge in [-0.2, -0.15) is 0 Å². The molecule has 1 aliphatic heterocycles. The van der Waals surface area contributed by atoms with Gasteiger partial charge in [0, 0.05) is 24.3 Å². The van der Waals surface area contributed by atoms with Crippen LogP contribution in [0.5, 0.6) is 5.75 Å². The van der Waals surface area contributed by atoms with Crippen LogP contribution in [0.15, 0.2) is 42.5 Å². The minimum Gasteiger partial charge on any atom is -0.484 e. The first kappa shape index (κ1) is 18.0. The summed E-state index contributed by atoms with van der Waals surface area (Å²) in [7, 11) is 0. The lowest BCUT2D eigenvalue weighted by Crippen LogP contribution is -2.35. The Morgan fingerprint density at radius 1 is 1.15 bits per heavy atom. The molecule has 3 rings (SSSR count). The van der Waals surface area contributed by atoms with Crippen LogP contribution in [0, 0.1) is 13.8 Å². The third kappa shape index (κ3) is 4.42. The quantitative estimate of drug-likeness (QED) is 0.889. The normalized spacial score (nSPS) is 14.2. The summed E-state index contributed by atoms with van der Waals surface area (Å²) >= 11 is 0. The highest BCUT2D eigenvalue weighted by Gasteiger charge is 2.21. The molecule has 0 aromatic heterocycles. The molecule has 1 aliphatic rings. The van der Waals surface area contributed by atoms with Crippen molar-refractivity contribution >= 4 is 23.2 Å². The zero-order valence-electron chi connectivity index (χ0n) is 15.2. The first-order chi connectivity index (χ1) is 12.5. The number of nitrogens with zero attached hydrogens (tertiary/aromatic N) is 1. The van der Waals surface area contributed by atoms with E-state index < -0.39 is 0 Å². The van der Waals surface area contributed by atoms with Crippen LogP contribution in [-0.4, -0.2) is 25.0 Å². The molecule has 0 radical (unpaired) electrons. The summed E-state index contributed by atoms with van der Waals surface area (Å²) in [5.41, 5.74) is 3.68. The standard InChI is InChI=1S/C21H24N2O3/c1-15-6-5-7-18(12-15)26-14-20(24)22-17-9-10-19(16(2)13-17)23-11-4-3-8-21(23)25/h5-7,9-10,12-13H,3-4,8,11,14H2,1-2H3,(H,22,24). The number of amides is 2. The van der Waals surface area contributed by atoms with E-state index in [1.807, 2.05) is 61.2 Å². The highest BCUT2D eigenvalue weighted by Crippen LogP contribution is 2.27. The molecule has 1 heterocycles. The largest absolute Gasteiger partial charge is 0.484 e. The zero-order chi connectivity index (χ0) is 18.5. The Morgan fingerprint density at radius 2 is 2.00 bits per heavy atom. The smallest absolute Gasteiger partial charge is 0.262 e. The lowest BCUT2D eigenvalue weighted by molar-refractivity contribution is -0.119. The SMILES string of the molecule is Cc1cccc(OCC(=O)Nc2ccc(N3CCCCC3=O)c(C)c2)c1. The second kappa shape index (κ2) is 8.04. The number of hydrogen-bond donors (Lipinski definition) is 1. The fourth-order valence-corrected chi connectivity index (χ4v) is 3.15. The Balaban J connectivity index is 1.60. The van der Waals surface area contributed by atoms with Crippen molar-refractivity contribution in [3.8, 4) is 5.75 Å². The summed E-state index contributed by atoms with van der Waals surface area (Å²) in [6, 6.07) is 13.2. The van der Waals surface area contributed by atoms with Crippen molar-refractivity contribution in [3.05, 3.63) is 53.6 Å². The molecule has 1 fully saturated rings. The summed E-state index contributed by atoms with van der Waals surface area (Å²) < 4.78 is 5.52. The van der Waals surface area contributed by atoms with Gasteiger partial charge in [-0.25, -0.2) is 0 Å². The number of anilines is 2. The Labute approximate surface area is 154 Å². The highest BCUT2D eigenvalue weighted by atomic mass is 16.5. The topological polar surface area (TPSA) is 58.6 Å². The Kier molecular flexibility index (Phi) is 5.56. The average molecular weight is 352 g/mol. The number of nitrogens with one attached hydrogen (secondary N) is 1. The van der Waals surface area contributed by atoms with E-state index in [-0.39, 0.29) is 18.4 Å². The van der Waals surface area contributed by atoms with Gasteiger partial charge in [-0.15, -0.1) is 0 Å². The van der Waals surface area contributed by atoms with E-state index in [9.17, 15) is 9.59 Å². The van der Waals surface area contributed by atoms with Gasteiger partial charge in [0.05, 0.1) is 0 Å². The lowest BCUT2D eigenvalue weighted by atomic mass is 10.1. The van der Waals surface area contributed by atoms with Crippen LogP contribution in [0.2, 0.25) is 0 Å². The molecule has 0 atom stereocenters. The number of piperidine rings is 1. The summed E-state index contributed by atoms with van der Waals surface area (Å²) in [5.74, 6) is 0.630. The zero-order valence-corrected chi connectivity index (χ0v) is 15.2. The summed E-state index contributed by atoms with van der Waals surface area (Å²) in [5, 5.41) is 2.84. The van der Waals surface area contributed by atoms with Crippen molar-refractivity contribution in [2.75, 3.05) is 23.4 Å². The maximum Gasteiger partial charge on any atom is 0.262 e. The minimum atomic E-state index is -0.215. The van der Waals surface area contributed by atoms with Gasteiger partial charge in [-0.05, 0) is 68.1 Å². The number of carbonyl (C=O) groups is 2. The van der Waals surface area contributed by atoms with Gasteiger partial charge in [0.15, 0.2) is 6.61 Å². The molecule has 1 saturated heterocycles. The van der Waals surface area contributed by atoms with Gasteiger partial charge in [0.1, 0.15) is 5.75 Å². The maximum atomic E-state index is 12.1. The third-order valence-corrected chi connectivity index (χ3v) is 4.45. The number of ether oxygens (including phenoxy) is 1. The van der Waals surface area contributed by atoms with Crippen LogP contribution in [-0.2, 0) is 9.59 Å². The Hall–Kier alpha value is -2.82. The number of benzene rings is 2. The molecule has 2 aromatic rings. The lowest BCUT2D eigenvalue weighted by Gasteiger charge is -2.28. The molecule has 0 saturated carbocycles. The number of carbonyl (C=O) groups excluding carboxylic acids is 2. The van der Waals surface area contributed by atoms with E-state index in [0.717, 1.165) is 36.2 Å². The fourth-order valence-electron chi connectivity index (χ4n) is 3.15. The van der Waals surface area contributed by atoms with Crippen molar-refractivity contribution in [1.29, 1.82) is 0 Å². The fraction of sp³-hybridized carbons (Fsp3) is 0.333. The van der Waals surface area contributed by atoms with E-state index >= 15 is 0 Å². The molecule has 26 heavy (non-hydrogen) atoms. The monoisotopic (exact) mass is 352 g/mol. The molecular formula is C21H24N2O3. The molecule has 5 heteroatoms. The molecule has 1 N–H and O–H groups in total. The molecule has 5 nitrogen and oxygen atoms in total. The number of hydrogen-bond acceptors (Lipinski definition) is 3. The van der Waals surface area contributed by atoms with Gasteiger partial charge in [-0.1, -0.05) is 12.1 Å². The van der Waals surface area contributed by atoms with Gasteiger partial charge in [0.2, 0.25) is 5.91 Å². The van der Waals surface area contributed by atoms with Gasteiger partial charge < -0.3 is 15.0 Å². The second-order valence-electron chi connectivity index (χ2n) is 6.66. The summed E-state index contributed by atoms with van der Waals surface area (Å²) in [6.07, 6.45) is 2.59. The molecule has 0 bridgehead atoms. The van der Waals surface area contributed by atoms with Crippen LogP contribution < -0.4 is 15.0 Å². The van der Waals surface area contributed by atoms with Crippen LogP contribution in [0.1, 0.15) is 30.4 Å². The molecule has 0 aliphatic carbocycles. The minimum absolute atomic E-state index is 0.0468. The molecule has 2 aromatic carbocycles. The number of aryl methyl sites for hydroxylation is 2. The Bertz CT molecular complexity index is 817. The summed E-state index contributed by atoms with van der Waals surface area (Å²) in [6.45, 7) is 4.64. The van der Waals surface area contributed by atoms with E-state index in [1.54, 1.807) is 0 Å². The van der Waals surface area contributed by atoms with Crippen LogP contribution in [0.25, 0.3) is 0 Å². The maximum absolute atomic E-state index is 12.1. The predicted octanol–water partition coefficient (Wildman–Crippen LogP) is 3.84. The van der Waals surface area contributed by atoms with Crippen molar-refractivity contribution in [2.45, 2.75) is 33.1 Å². The van der Waals surface area contributed by atoms with Gasteiger partial charge in [-0.3, -0.25) is 9.59 Å². The second-order valence-corrected chi connectivity index (χ2v) is 6.66. The first-order valence-corrected chi connectivity index (χ1v) is 8.93. The van der Waals surface area contributed by atoms with E-state index in [2.05, 4.69) is 5.32 Å². The van der Waals surface area contributed by atoms with E-state index in [4.69, 9.17) is 4.74 Å². The van der Waals surface area contributed by atoms with E-state index in [1.165, 1.54) is 0 Å². The van der Waals surface area contributed by atoms with Crippen LogP contribution in [0.4, 0.5) is 11.4 Å². The van der Waals surface area contributed by atoms with Crippen molar-refractivity contribution in [1.82, 2.24) is 0 Å². The Morgan fingerprint density at radius 3 is 2.73 bits per heavy atom. The van der Waals surface area contributed by atoms with Crippen LogP contribution >= 0.6 is 0 Å². The van der Waals surface area contributed by atoms with Crippen molar-refractivity contribution in [2.24, 2.45) is 0 Å².